The van der Waals surface area contributed by atoms with E-state index in [1.54, 1.807) is 14.2 Å². The zero-order chi connectivity index (χ0) is 13.7. The minimum Gasteiger partial charge on any atom is -0.496 e. The lowest BCUT2D eigenvalue weighted by Gasteiger charge is -2.17. The van der Waals surface area contributed by atoms with E-state index in [9.17, 15) is 4.79 Å². The topological polar surface area (TPSA) is 76.4 Å². The summed E-state index contributed by atoms with van der Waals surface area (Å²) in [7, 11) is 3.29. The molecule has 0 aromatic heterocycles. The highest BCUT2D eigenvalue weighted by Crippen LogP contribution is 2.27. The SMILES string of the molecule is CNNC(=O)CC(N)c1ccc(OC)c(C)c1C. The van der Waals surface area contributed by atoms with Crippen molar-refractivity contribution in [3.8, 4) is 5.75 Å². The van der Waals surface area contributed by atoms with Crippen LogP contribution in [-0.4, -0.2) is 20.1 Å². The molecule has 0 aliphatic carbocycles. The first-order chi connectivity index (χ1) is 8.51. The van der Waals surface area contributed by atoms with Crippen LogP contribution in [0.1, 0.15) is 29.2 Å². The average Bonchev–Trinajstić information content (AvgIpc) is 2.32. The summed E-state index contributed by atoms with van der Waals surface area (Å²) in [4.78, 5) is 11.5. The molecule has 1 amide bonds. The zero-order valence-corrected chi connectivity index (χ0v) is 11.3. The van der Waals surface area contributed by atoms with Gasteiger partial charge in [0.05, 0.1) is 7.11 Å². The minimum absolute atomic E-state index is 0.127. The monoisotopic (exact) mass is 251 g/mol. The number of hydrogen-bond acceptors (Lipinski definition) is 4. The van der Waals surface area contributed by atoms with Gasteiger partial charge in [0.15, 0.2) is 0 Å². The van der Waals surface area contributed by atoms with Crippen LogP contribution in [0, 0.1) is 13.8 Å². The Hall–Kier alpha value is -1.59. The largest absolute Gasteiger partial charge is 0.496 e. The molecule has 1 aromatic rings. The second-order valence-electron chi connectivity index (χ2n) is 4.22. The summed E-state index contributed by atoms with van der Waals surface area (Å²) >= 11 is 0. The van der Waals surface area contributed by atoms with Gasteiger partial charge in [0.25, 0.3) is 0 Å². The summed E-state index contributed by atoms with van der Waals surface area (Å²) in [5.41, 5.74) is 14.3. The fraction of sp³-hybridized carbons (Fsp3) is 0.462. The summed E-state index contributed by atoms with van der Waals surface area (Å²) in [5, 5.41) is 0. The molecule has 1 atom stereocenters. The maximum atomic E-state index is 11.5. The summed E-state index contributed by atoms with van der Waals surface area (Å²) < 4.78 is 5.25. The summed E-state index contributed by atoms with van der Waals surface area (Å²) in [6, 6.07) is 3.48. The first-order valence-electron chi connectivity index (χ1n) is 5.86. The molecule has 4 N–H and O–H groups in total. The number of methoxy groups -OCH3 is 1. The first kappa shape index (κ1) is 14.5. The lowest BCUT2D eigenvalue weighted by molar-refractivity contribution is -0.122. The van der Waals surface area contributed by atoms with Crippen LogP contribution in [0.25, 0.3) is 0 Å². The number of nitrogens with two attached hydrogens (primary N) is 1. The number of benzene rings is 1. The first-order valence-corrected chi connectivity index (χ1v) is 5.86. The van der Waals surface area contributed by atoms with E-state index < -0.39 is 0 Å². The molecule has 5 heteroatoms. The summed E-state index contributed by atoms with van der Waals surface area (Å²) in [6.07, 6.45) is 0.244. The lowest BCUT2D eigenvalue weighted by atomic mass is 9.95. The van der Waals surface area contributed by atoms with Gasteiger partial charge in [-0.2, -0.15) is 0 Å². The van der Waals surface area contributed by atoms with Crippen LogP contribution in [0.5, 0.6) is 5.75 Å². The summed E-state index contributed by atoms with van der Waals surface area (Å²) in [5.74, 6) is 0.709. The lowest BCUT2D eigenvalue weighted by Crippen LogP contribution is -2.36. The number of hydrazine groups is 1. The van der Waals surface area contributed by atoms with Gasteiger partial charge in [-0.25, -0.2) is 5.43 Å². The summed E-state index contributed by atoms with van der Waals surface area (Å²) in [6.45, 7) is 3.97. The number of rotatable bonds is 5. The van der Waals surface area contributed by atoms with Gasteiger partial charge in [-0.15, -0.1) is 0 Å². The van der Waals surface area contributed by atoms with Gasteiger partial charge in [0.2, 0.25) is 5.91 Å². The molecular weight excluding hydrogens is 230 g/mol. The molecule has 0 aliphatic rings. The molecule has 1 unspecified atom stereocenters. The molecule has 0 bridgehead atoms. The Labute approximate surface area is 108 Å². The van der Waals surface area contributed by atoms with E-state index in [1.807, 2.05) is 26.0 Å². The van der Waals surface area contributed by atoms with Crippen molar-refractivity contribution in [1.82, 2.24) is 10.9 Å². The van der Waals surface area contributed by atoms with E-state index >= 15 is 0 Å². The Morgan fingerprint density at radius 2 is 2.06 bits per heavy atom. The normalized spacial score (nSPS) is 12.1. The highest BCUT2D eigenvalue weighted by atomic mass is 16.5. The molecule has 0 fully saturated rings. The molecule has 0 saturated carbocycles. The van der Waals surface area contributed by atoms with Gasteiger partial charge >= 0.3 is 0 Å². The van der Waals surface area contributed by atoms with Crippen LogP contribution < -0.4 is 21.3 Å². The van der Waals surface area contributed by atoms with E-state index in [0.29, 0.717) is 0 Å². The fourth-order valence-electron chi connectivity index (χ4n) is 1.94. The van der Waals surface area contributed by atoms with Crippen molar-refractivity contribution in [2.24, 2.45) is 5.73 Å². The number of hydrogen-bond donors (Lipinski definition) is 3. The Balaban J connectivity index is 2.90. The Kier molecular flexibility index (Phi) is 5.12. The standard InChI is InChI=1S/C13H21N3O2/c1-8-9(2)12(18-4)6-5-10(8)11(14)7-13(17)16-15-3/h5-6,11,15H,7,14H2,1-4H3,(H,16,17). The molecule has 1 rings (SSSR count). The molecule has 1 aromatic carbocycles. The van der Waals surface area contributed by atoms with Crippen molar-refractivity contribution < 1.29 is 9.53 Å². The van der Waals surface area contributed by atoms with Crippen LogP contribution in [0.2, 0.25) is 0 Å². The average molecular weight is 251 g/mol. The highest BCUT2D eigenvalue weighted by Gasteiger charge is 2.15. The molecule has 0 heterocycles. The zero-order valence-electron chi connectivity index (χ0n) is 11.3. The van der Waals surface area contributed by atoms with Gasteiger partial charge in [-0.1, -0.05) is 6.07 Å². The van der Waals surface area contributed by atoms with Crippen LogP contribution in [0.15, 0.2) is 12.1 Å². The van der Waals surface area contributed by atoms with Gasteiger partial charge in [-0.05, 0) is 36.6 Å². The predicted molar refractivity (Wildman–Crippen MR) is 71.2 cm³/mol. The van der Waals surface area contributed by atoms with Crippen molar-refractivity contribution in [1.29, 1.82) is 0 Å². The molecule has 0 radical (unpaired) electrons. The van der Waals surface area contributed by atoms with Crippen molar-refractivity contribution in [3.63, 3.8) is 0 Å². The third-order valence-corrected chi connectivity index (χ3v) is 3.07. The van der Waals surface area contributed by atoms with Crippen LogP contribution in [0.3, 0.4) is 0 Å². The maximum Gasteiger partial charge on any atom is 0.235 e. The maximum absolute atomic E-state index is 11.5. The van der Waals surface area contributed by atoms with E-state index in [1.165, 1.54) is 0 Å². The Bertz CT molecular complexity index is 432. The van der Waals surface area contributed by atoms with Crippen molar-refractivity contribution in [2.75, 3.05) is 14.2 Å². The predicted octanol–water partition coefficient (Wildman–Crippen LogP) is 0.953. The van der Waals surface area contributed by atoms with Crippen LogP contribution >= 0.6 is 0 Å². The smallest absolute Gasteiger partial charge is 0.235 e. The van der Waals surface area contributed by atoms with Gasteiger partial charge < -0.3 is 10.5 Å². The molecule has 0 saturated heterocycles. The molecular formula is C13H21N3O2. The van der Waals surface area contributed by atoms with Crippen LogP contribution in [-0.2, 0) is 4.79 Å². The number of ether oxygens (including phenoxy) is 1. The Morgan fingerprint density at radius 3 is 2.61 bits per heavy atom. The van der Waals surface area contributed by atoms with E-state index in [4.69, 9.17) is 10.5 Å². The van der Waals surface area contributed by atoms with Crippen LogP contribution in [0.4, 0.5) is 0 Å². The van der Waals surface area contributed by atoms with Crippen molar-refractivity contribution >= 4 is 5.91 Å². The van der Waals surface area contributed by atoms with Crippen molar-refractivity contribution in [2.45, 2.75) is 26.3 Å². The quantitative estimate of drug-likeness (QED) is 0.681. The number of nitrogens with one attached hydrogen (secondary N) is 2. The molecule has 0 aliphatic heterocycles. The molecule has 100 valence electrons. The number of carbonyl (C=O) groups excluding carboxylic acids is 1. The second-order valence-corrected chi connectivity index (χ2v) is 4.22. The van der Waals surface area contributed by atoms with Gasteiger partial charge in [0.1, 0.15) is 5.75 Å². The molecule has 0 spiro atoms. The van der Waals surface area contributed by atoms with Gasteiger partial charge in [0, 0.05) is 19.5 Å². The fourth-order valence-corrected chi connectivity index (χ4v) is 1.94. The highest BCUT2D eigenvalue weighted by molar-refractivity contribution is 5.76. The second kappa shape index (κ2) is 6.37. The van der Waals surface area contributed by atoms with E-state index in [0.717, 1.165) is 22.4 Å². The van der Waals surface area contributed by atoms with E-state index in [-0.39, 0.29) is 18.4 Å². The van der Waals surface area contributed by atoms with Crippen molar-refractivity contribution in [3.05, 3.63) is 28.8 Å². The Morgan fingerprint density at radius 1 is 1.39 bits per heavy atom. The number of amides is 1. The minimum atomic E-state index is -0.317. The van der Waals surface area contributed by atoms with Gasteiger partial charge in [-0.3, -0.25) is 10.2 Å². The molecule has 18 heavy (non-hydrogen) atoms. The van der Waals surface area contributed by atoms with E-state index in [2.05, 4.69) is 10.9 Å². The molecule has 5 nitrogen and oxygen atoms in total. The third kappa shape index (κ3) is 3.21. The third-order valence-electron chi connectivity index (χ3n) is 3.07. The number of carbonyl (C=O) groups is 1.